The summed E-state index contributed by atoms with van der Waals surface area (Å²) in [5.41, 5.74) is 1.40. The molecule has 4 rings (SSSR count). The molecule has 1 fully saturated rings. The minimum absolute atomic E-state index is 0.0768. The highest BCUT2D eigenvalue weighted by molar-refractivity contribution is 5.94. The summed E-state index contributed by atoms with van der Waals surface area (Å²) < 4.78 is 21.6. The fraction of sp³-hybridized carbons (Fsp3) is 0.278. The first-order valence-corrected chi connectivity index (χ1v) is 8.11. The van der Waals surface area contributed by atoms with E-state index in [9.17, 15) is 9.18 Å². The van der Waals surface area contributed by atoms with Crippen molar-refractivity contribution in [1.29, 1.82) is 0 Å². The number of hydrogen-bond acceptors (Lipinski definition) is 4. The van der Waals surface area contributed by atoms with Gasteiger partial charge in [0, 0.05) is 36.6 Å². The topological polar surface area (TPSA) is 60.2 Å². The molecule has 1 amide bonds. The van der Waals surface area contributed by atoms with Crippen molar-refractivity contribution in [3.8, 4) is 5.69 Å². The molecule has 25 heavy (non-hydrogen) atoms. The SMILES string of the molecule is Cc1ncc2ccn(-c3ccc(C(=O)N4CCOCC4)c(F)c3)c2n1. The highest BCUT2D eigenvalue weighted by atomic mass is 19.1. The molecule has 6 nitrogen and oxygen atoms in total. The third-order valence-corrected chi connectivity index (χ3v) is 4.31. The number of amides is 1. The molecular weight excluding hydrogens is 323 g/mol. The predicted molar refractivity (Wildman–Crippen MR) is 90.3 cm³/mol. The fourth-order valence-electron chi connectivity index (χ4n) is 2.98. The molecule has 0 N–H and O–H groups in total. The second-order valence-electron chi connectivity index (χ2n) is 5.95. The van der Waals surface area contributed by atoms with Crippen LogP contribution in [0.15, 0.2) is 36.7 Å². The van der Waals surface area contributed by atoms with E-state index in [1.807, 2.05) is 19.2 Å². The fourth-order valence-corrected chi connectivity index (χ4v) is 2.98. The lowest BCUT2D eigenvalue weighted by Crippen LogP contribution is -2.41. The quantitative estimate of drug-likeness (QED) is 0.718. The molecule has 3 aromatic rings. The Morgan fingerprint density at radius 3 is 2.80 bits per heavy atom. The Morgan fingerprint density at radius 1 is 1.24 bits per heavy atom. The minimum atomic E-state index is -0.540. The van der Waals surface area contributed by atoms with Gasteiger partial charge in [0.1, 0.15) is 17.3 Å². The predicted octanol–water partition coefficient (Wildman–Crippen LogP) is 2.34. The first kappa shape index (κ1) is 15.7. The Morgan fingerprint density at radius 2 is 2.04 bits per heavy atom. The van der Waals surface area contributed by atoms with Crippen LogP contribution >= 0.6 is 0 Å². The largest absolute Gasteiger partial charge is 0.378 e. The zero-order chi connectivity index (χ0) is 17.4. The lowest BCUT2D eigenvalue weighted by molar-refractivity contribution is 0.0300. The molecular formula is C18H17FN4O2. The van der Waals surface area contributed by atoms with Crippen molar-refractivity contribution in [3.05, 3.63) is 53.9 Å². The van der Waals surface area contributed by atoms with Crippen LogP contribution in [-0.2, 0) is 4.74 Å². The summed E-state index contributed by atoms with van der Waals surface area (Å²) in [6, 6.07) is 6.50. The van der Waals surface area contributed by atoms with Crippen LogP contribution in [0, 0.1) is 12.7 Å². The van der Waals surface area contributed by atoms with Crippen LogP contribution in [-0.4, -0.2) is 51.6 Å². The number of morpholine rings is 1. The number of nitrogens with zero attached hydrogens (tertiary/aromatic N) is 4. The van der Waals surface area contributed by atoms with Crippen molar-refractivity contribution >= 4 is 16.9 Å². The maximum atomic E-state index is 14.6. The molecule has 0 aliphatic carbocycles. The van der Waals surface area contributed by atoms with Gasteiger partial charge >= 0.3 is 0 Å². The van der Waals surface area contributed by atoms with Gasteiger partial charge in [0.05, 0.1) is 18.8 Å². The number of aryl methyl sites for hydroxylation is 1. The van der Waals surface area contributed by atoms with Gasteiger partial charge in [0.15, 0.2) is 0 Å². The number of aromatic nitrogens is 3. The zero-order valence-corrected chi connectivity index (χ0v) is 13.8. The summed E-state index contributed by atoms with van der Waals surface area (Å²) in [5.74, 6) is -0.198. The molecule has 128 valence electrons. The smallest absolute Gasteiger partial charge is 0.256 e. The number of hydrogen-bond donors (Lipinski definition) is 0. The summed E-state index contributed by atoms with van der Waals surface area (Å²) in [5, 5.41) is 0.875. The Labute approximate surface area is 143 Å². The highest BCUT2D eigenvalue weighted by Crippen LogP contribution is 2.21. The maximum absolute atomic E-state index is 14.6. The molecule has 0 saturated carbocycles. The number of ether oxygens (including phenoxy) is 1. The van der Waals surface area contributed by atoms with E-state index in [2.05, 4.69) is 9.97 Å². The molecule has 2 aromatic heterocycles. The molecule has 1 aliphatic rings. The van der Waals surface area contributed by atoms with Gasteiger partial charge in [-0.05, 0) is 31.2 Å². The van der Waals surface area contributed by atoms with Crippen LogP contribution in [0.5, 0.6) is 0 Å². The third kappa shape index (κ3) is 2.87. The van der Waals surface area contributed by atoms with Gasteiger partial charge in [-0.15, -0.1) is 0 Å². The van der Waals surface area contributed by atoms with E-state index in [0.29, 0.717) is 43.5 Å². The number of carbonyl (C=O) groups excluding carboxylic acids is 1. The van der Waals surface area contributed by atoms with Crippen LogP contribution in [0.1, 0.15) is 16.2 Å². The van der Waals surface area contributed by atoms with Crippen LogP contribution in [0.2, 0.25) is 0 Å². The van der Waals surface area contributed by atoms with E-state index in [4.69, 9.17) is 4.74 Å². The van der Waals surface area contributed by atoms with Crippen LogP contribution in [0.25, 0.3) is 16.7 Å². The Bertz CT molecular complexity index is 947. The van der Waals surface area contributed by atoms with E-state index < -0.39 is 5.82 Å². The lowest BCUT2D eigenvalue weighted by Gasteiger charge is -2.27. The number of carbonyl (C=O) groups is 1. The lowest BCUT2D eigenvalue weighted by atomic mass is 10.1. The number of halogens is 1. The van der Waals surface area contributed by atoms with Gasteiger partial charge in [0.25, 0.3) is 5.91 Å². The van der Waals surface area contributed by atoms with Crippen molar-refractivity contribution in [3.63, 3.8) is 0 Å². The Balaban J connectivity index is 1.69. The zero-order valence-electron chi connectivity index (χ0n) is 13.8. The van der Waals surface area contributed by atoms with E-state index in [1.54, 1.807) is 21.7 Å². The van der Waals surface area contributed by atoms with Gasteiger partial charge in [-0.2, -0.15) is 0 Å². The summed E-state index contributed by atoms with van der Waals surface area (Å²) in [4.78, 5) is 22.7. The highest BCUT2D eigenvalue weighted by Gasteiger charge is 2.21. The molecule has 1 saturated heterocycles. The average molecular weight is 340 g/mol. The molecule has 0 radical (unpaired) electrons. The number of rotatable bonds is 2. The summed E-state index contributed by atoms with van der Waals surface area (Å²) >= 11 is 0. The van der Waals surface area contributed by atoms with E-state index >= 15 is 0 Å². The molecule has 0 unspecified atom stereocenters. The van der Waals surface area contributed by atoms with Crippen molar-refractivity contribution in [2.75, 3.05) is 26.3 Å². The molecule has 0 bridgehead atoms. The molecule has 3 heterocycles. The molecule has 7 heteroatoms. The summed E-state index contributed by atoms with van der Waals surface area (Å²) in [6.45, 7) is 3.75. The van der Waals surface area contributed by atoms with Crippen LogP contribution < -0.4 is 0 Å². The molecule has 0 atom stereocenters. The third-order valence-electron chi connectivity index (χ3n) is 4.31. The van der Waals surface area contributed by atoms with Gasteiger partial charge in [0.2, 0.25) is 0 Å². The Kier molecular flexibility index (Phi) is 3.93. The van der Waals surface area contributed by atoms with Gasteiger partial charge in [-0.1, -0.05) is 0 Å². The number of fused-ring (bicyclic) bond motifs is 1. The maximum Gasteiger partial charge on any atom is 0.256 e. The van der Waals surface area contributed by atoms with E-state index in [0.717, 1.165) is 5.39 Å². The van der Waals surface area contributed by atoms with Gasteiger partial charge in [-0.3, -0.25) is 4.79 Å². The average Bonchev–Trinajstić information content (AvgIpc) is 3.05. The van der Waals surface area contributed by atoms with E-state index in [-0.39, 0.29) is 11.5 Å². The van der Waals surface area contributed by atoms with Crippen molar-refractivity contribution in [2.45, 2.75) is 6.92 Å². The Hall–Kier alpha value is -2.80. The molecule has 0 spiro atoms. The van der Waals surface area contributed by atoms with Crippen molar-refractivity contribution in [2.24, 2.45) is 0 Å². The normalized spacial score (nSPS) is 14.9. The van der Waals surface area contributed by atoms with Gasteiger partial charge in [-0.25, -0.2) is 14.4 Å². The second-order valence-corrected chi connectivity index (χ2v) is 5.95. The van der Waals surface area contributed by atoms with Crippen LogP contribution in [0.4, 0.5) is 4.39 Å². The summed E-state index contributed by atoms with van der Waals surface area (Å²) in [7, 11) is 0. The minimum Gasteiger partial charge on any atom is -0.378 e. The molecule has 1 aromatic carbocycles. The van der Waals surface area contributed by atoms with Crippen molar-refractivity contribution in [1.82, 2.24) is 19.4 Å². The summed E-state index contributed by atoms with van der Waals surface area (Å²) in [6.07, 6.45) is 3.55. The van der Waals surface area contributed by atoms with E-state index in [1.165, 1.54) is 12.1 Å². The van der Waals surface area contributed by atoms with Crippen molar-refractivity contribution < 1.29 is 13.9 Å². The monoisotopic (exact) mass is 340 g/mol. The second kappa shape index (κ2) is 6.25. The number of benzene rings is 1. The standard InChI is InChI=1S/C18H17FN4O2/c1-12-20-11-13-4-5-23(17(13)21-12)14-2-3-15(16(19)10-14)18(24)22-6-8-25-9-7-22/h2-5,10-11H,6-9H2,1H3. The first-order valence-electron chi connectivity index (χ1n) is 8.11. The first-order chi connectivity index (χ1) is 12.1. The van der Waals surface area contributed by atoms with Gasteiger partial charge < -0.3 is 14.2 Å². The van der Waals surface area contributed by atoms with Crippen LogP contribution in [0.3, 0.4) is 0 Å². The molecule has 1 aliphatic heterocycles.